The van der Waals surface area contributed by atoms with E-state index >= 15 is 0 Å². The van der Waals surface area contributed by atoms with Gasteiger partial charge in [0.2, 0.25) is 0 Å². The molecule has 3 nitrogen and oxygen atoms in total. The number of para-hydroxylation sites is 1. The Kier molecular flexibility index (Phi) is 4.03. The van der Waals surface area contributed by atoms with Crippen LogP contribution in [-0.2, 0) is 9.84 Å². The van der Waals surface area contributed by atoms with Gasteiger partial charge in [-0.25, -0.2) is 8.42 Å². The highest BCUT2D eigenvalue weighted by Crippen LogP contribution is 2.45. The van der Waals surface area contributed by atoms with E-state index in [0.717, 1.165) is 6.42 Å². The van der Waals surface area contributed by atoms with Crippen molar-refractivity contribution < 1.29 is 8.42 Å². The lowest BCUT2D eigenvalue weighted by Gasteiger charge is -2.29. The maximum absolute atomic E-state index is 11.9. The fraction of sp³-hybridized carbons (Fsp3) is 0.333. The minimum absolute atomic E-state index is 0.172. The second-order valence-electron chi connectivity index (χ2n) is 5.29. The maximum Gasteiger partial charge on any atom is 0.177 e. The van der Waals surface area contributed by atoms with Crippen LogP contribution in [0.15, 0.2) is 44.8 Å². The molecule has 0 fully saturated rings. The van der Waals surface area contributed by atoms with Crippen LogP contribution in [-0.4, -0.2) is 19.9 Å². The summed E-state index contributed by atoms with van der Waals surface area (Å²) in [5, 5.41) is 6.07. The summed E-state index contributed by atoms with van der Waals surface area (Å²) in [5.74, 6) is 0. The molecule has 0 amide bonds. The summed E-state index contributed by atoms with van der Waals surface area (Å²) in [7, 11) is -3.23. The Morgan fingerprint density at radius 3 is 2.76 bits per heavy atom. The number of rotatable bonds is 3. The predicted molar refractivity (Wildman–Crippen MR) is 90.2 cm³/mol. The van der Waals surface area contributed by atoms with Crippen molar-refractivity contribution in [3.63, 3.8) is 0 Å². The van der Waals surface area contributed by atoms with Crippen molar-refractivity contribution in [2.45, 2.75) is 33.7 Å². The molecule has 1 aromatic carbocycles. The van der Waals surface area contributed by atoms with E-state index in [1.54, 1.807) is 23.5 Å². The maximum atomic E-state index is 11.9. The molecule has 0 aliphatic carbocycles. The van der Waals surface area contributed by atoms with Gasteiger partial charge in [0.25, 0.3) is 0 Å². The summed E-state index contributed by atoms with van der Waals surface area (Å²) in [5.41, 5.74) is 1.98. The van der Waals surface area contributed by atoms with Gasteiger partial charge < -0.3 is 5.32 Å². The molecule has 0 saturated carbocycles. The molecule has 2 aromatic rings. The lowest BCUT2D eigenvalue weighted by atomic mass is 10.0. The van der Waals surface area contributed by atoms with Gasteiger partial charge in [-0.3, -0.25) is 0 Å². The van der Waals surface area contributed by atoms with E-state index in [2.05, 4.69) is 23.7 Å². The second kappa shape index (κ2) is 5.66. The standard InChI is InChI=1S/C15H17NO2S3/c1-10-9-13(11-7-8-19-15(11)20-10)16-12-5-3-4-6-14(12)21(2,17)18/h3-8,10,13,16H,9H2,1-2H3/t10-,13?/m0/s1. The fourth-order valence-corrected chi connectivity index (χ4v) is 6.00. The van der Waals surface area contributed by atoms with Crippen molar-refractivity contribution in [1.82, 2.24) is 0 Å². The molecule has 1 N–H and O–H groups in total. The third-order valence-electron chi connectivity index (χ3n) is 3.53. The first-order valence-electron chi connectivity index (χ1n) is 6.75. The zero-order valence-corrected chi connectivity index (χ0v) is 14.3. The third kappa shape index (κ3) is 3.12. The molecule has 0 radical (unpaired) electrons. The monoisotopic (exact) mass is 339 g/mol. The fourth-order valence-electron chi connectivity index (χ4n) is 2.58. The minimum Gasteiger partial charge on any atom is -0.377 e. The molecule has 2 heterocycles. The van der Waals surface area contributed by atoms with E-state index in [9.17, 15) is 8.42 Å². The molecule has 6 heteroatoms. The van der Waals surface area contributed by atoms with Crippen LogP contribution in [0, 0.1) is 0 Å². The normalized spacial score (nSPS) is 21.8. The van der Waals surface area contributed by atoms with E-state index in [0.29, 0.717) is 15.8 Å². The quantitative estimate of drug-likeness (QED) is 0.911. The molecule has 3 rings (SSSR count). The molecule has 112 valence electrons. The third-order valence-corrected chi connectivity index (χ3v) is 7.02. The summed E-state index contributed by atoms with van der Waals surface area (Å²) in [6.45, 7) is 2.21. The van der Waals surface area contributed by atoms with Crippen molar-refractivity contribution >= 4 is 38.6 Å². The van der Waals surface area contributed by atoms with Gasteiger partial charge in [0.1, 0.15) is 0 Å². The van der Waals surface area contributed by atoms with E-state index < -0.39 is 9.84 Å². The van der Waals surface area contributed by atoms with Crippen LogP contribution >= 0.6 is 23.1 Å². The minimum atomic E-state index is -3.23. The largest absolute Gasteiger partial charge is 0.377 e. The number of thioether (sulfide) groups is 1. The summed E-state index contributed by atoms with van der Waals surface area (Å²) >= 11 is 3.66. The van der Waals surface area contributed by atoms with Gasteiger partial charge in [0.15, 0.2) is 9.84 Å². The molecule has 0 saturated heterocycles. The van der Waals surface area contributed by atoms with Gasteiger partial charge in [-0.15, -0.1) is 23.1 Å². The molecule has 1 aliphatic rings. The molecule has 1 aliphatic heterocycles. The Bertz CT molecular complexity index is 752. The van der Waals surface area contributed by atoms with Crippen LogP contribution < -0.4 is 5.32 Å². The van der Waals surface area contributed by atoms with Gasteiger partial charge in [-0.05, 0) is 35.6 Å². The Balaban J connectivity index is 1.96. The average molecular weight is 340 g/mol. The van der Waals surface area contributed by atoms with Gasteiger partial charge in [0.05, 0.1) is 20.8 Å². The van der Waals surface area contributed by atoms with E-state index in [-0.39, 0.29) is 6.04 Å². The highest BCUT2D eigenvalue weighted by atomic mass is 32.2. The molecular weight excluding hydrogens is 322 g/mol. The molecular formula is C15H17NO2S3. The van der Waals surface area contributed by atoms with Crippen molar-refractivity contribution in [3.05, 3.63) is 41.3 Å². The van der Waals surface area contributed by atoms with Crippen LogP contribution in [0.1, 0.15) is 24.9 Å². The molecule has 2 atom stereocenters. The van der Waals surface area contributed by atoms with Gasteiger partial charge >= 0.3 is 0 Å². The lowest BCUT2D eigenvalue weighted by molar-refractivity contribution is 0.601. The SMILES string of the molecule is C[C@H]1CC(Nc2ccccc2S(C)(=O)=O)c2ccsc2S1. The van der Waals surface area contributed by atoms with Crippen LogP contribution in [0.5, 0.6) is 0 Å². The smallest absolute Gasteiger partial charge is 0.177 e. The Morgan fingerprint density at radius 2 is 2.00 bits per heavy atom. The van der Waals surface area contributed by atoms with Crippen molar-refractivity contribution in [1.29, 1.82) is 0 Å². The number of nitrogens with one attached hydrogen (secondary N) is 1. The second-order valence-corrected chi connectivity index (χ2v) is 9.90. The van der Waals surface area contributed by atoms with E-state index in [4.69, 9.17) is 0 Å². The summed E-state index contributed by atoms with van der Waals surface area (Å²) in [6.07, 6.45) is 2.25. The lowest BCUT2D eigenvalue weighted by Crippen LogP contribution is -2.20. The number of anilines is 1. The number of sulfone groups is 1. The predicted octanol–water partition coefficient (Wildman–Crippen LogP) is 4.19. The molecule has 1 unspecified atom stereocenters. The van der Waals surface area contributed by atoms with Crippen molar-refractivity contribution in [3.8, 4) is 0 Å². The highest BCUT2D eigenvalue weighted by molar-refractivity contribution is 8.01. The number of fused-ring (bicyclic) bond motifs is 1. The first-order chi connectivity index (χ1) is 9.95. The number of hydrogen-bond acceptors (Lipinski definition) is 5. The average Bonchev–Trinajstić information content (AvgIpc) is 2.86. The van der Waals surface area contributed by atoms with Crippen LogP contribution in [0.3, 0.4) is 0 Å². The Morgan fingerprint density at radius 1 is 1.24 bits per heavy atom. The molecule has 21 heavy (non-hydrogen) atoms. The Hall–Kier alpha value is -0.980. The molecule has 0 bridgehead atoms. The molecule has 0 spiro atoms. The van der Waals surface area contributed by atoms with Crippen LogP contribution in [0.25, 0.3) is 0 Å². The summed E-state index contributed by atoms with van der Waals surface area (Å²) in [6, 6.07) is 9.44. The van der Waals surface area contributed by atoms with Crippen molar-refractivity contribution in [2.24, 2.45) is 0 Å². The van der Waals surface area contributed by atoms with Crippen molar-refractivity contribution in [2.75, 3.05) is 11.6 Å². The number of thiophene rings is 1. The zero-order chi connectivity index (χ0) is 15.0. The molecule has 1 aromatic heterocycles. The first-order valence-corrected chi connectivity index (χ1v) is 10.4. The van der Waals surface area contributed by atoms with Gasteiger partial charge in [-0.2, -0.15) is 0 Å². The number of benzene rings is 1. The summed E-state index contributed by atoms with van der Waals surface area (Å²) < 4.78 is 25.2. The van der Waals surface area contributed by atoms with Gasteiger partial charge in [0, 0.05) is 11.5 Å². The number of hydrogen-bond donors (Lipinski definition) is 1. The van der Waals surface area contributed by atoms with E-state index in [1.165, 1.54) is 16.0 Å². The van der Waals surface area contributed by atoms with Crippen LogP contribution in [0.2, 0.25) is 0 Å². The summed E-state index contributed by atoms with van der Waals surface area (Å²) in [4.78, 5) is 0.368. The zero-order valence-electron chi connectivity index (χ0n) is 11.9. The van der Waals surface area contributed by atoms with Gasteiger partial charge in [-0.1, -0.05) is 19.1 Å². The first kappa shape index (κ1) is 14.9. The highest BCUT2D eigenvalue weighted by Gasteiger charge is 2.27. The van der Waals surface area contributed by atoms with E-state index in [1.807, 2.05) is 23.9 Å². The van der Waals surface area contributed by atoms with Crippen LogP contribution in [0.4, 0.5) is 5.69 Å². The topological polar surface area (TPSA) is 46.2 Å². The Labute approximate surface area is 133 Å².